The van der Waals surface area contributed by atoms with Gasteiger partial charge in [0.25, 0.3) is 5.91 Å². The molecule has 1 aromatic heterocycles. The molecule has 0 aliphatic rings. The number of rotatable bonds is 6. The van der Waals surface area contributed by atoms with Crippen LogP contribution in [0, 0.1) is 0 Å². The third-order valence-corrected chi connectivity index (χ3v) is 4.96. The molecule has 0 saturated carbocycles. The van der Waals surface area contributed by atoms with Crippen molar-refractivity contribution in [2.24, 2.45) is 7.05 Å². The number of carbonyl (C=O) groups is 1. The van der Waals surface area contributed by atoms with Crippen molar-refractivity contribution in [1.82, 2.24) is 14.5 Å². The zero-order valence-corrected chi connectivity index (χ0v) is 14.1. The number of benzene rings is 1. The minimum absolute atomic E-state index is 0.132. The smallest absolute Gasteiger partial charge is 0.256 e. The molecule has 2 N–H and O–H groups in total. The number of nitrogens with one attached hydrogen (secondary N) is 2. The van der Waals surface area contributed by atoms with Crippen molar-refractivity contribution >= 4 is 21.7 Å². The first-order valence-corrected chi connectivity index (χ1v) is 8.73. The van der Waals surface area contributed by atoms with Crippen LogP contribution in [0.4, 0.5) is 5.82 Å². The van der Waals surface area contributed by atoms with Crippen LogP contribution in [-0.4, -0.2) is 30.1 Å². The zero-order chi connectivity index (χ0) is 17.0. The Morgan fingerprint density at radius 2 is 1.91 bits per heavy atom. The van der Waals surface area contributed by atoms with Crippen LogP contribution in [0.3, 0.4) is 0 Å². The monoisotopic (exact) mass is 336 g/mol. The van der Waals surface area contributed by atoms with E-state index in [1.54, 1.807) is 30.9 Å². The summed E-state index contributed by atoms with van der Waals surface area (Å²) in [7, 11) is -1.82. The van der Waals surface area contributed by atoms with Crippen LogP contribution in [-0.2, 0) is 17.1 Å². The lowest BCUT2D eigenvalue weighted by atomic mass is 10.2. The van der Waals surface area contributed by atoms with Gasteiger partial charge in [-0.2, -0.15) is 5.10 Å². The van der Waals surface area contributed by atoms with E-state index in [1.807, 2.05) is 6.92 Å². The number of aryl methyl sites for hydroxylation is 1. The van der Waals surface area contributed by atoms with E-state index < -0.39 is 10.0 Å². The van der Waals surface area contributed by atoms with E-state index >= 15 is 0 Å². The first-order valence-electron chi connectivity index (χ1n) is 7.25. The van der Waals surface area contributed by atoms with Crippen LogP contribution < -0.4 is 10.0 Å². The molecular weight excluding hydrogens is 316 g/mol. The van der Waals surface area contributed by atoms with Gasteiger partial charge in [-0.15, -0.1) is 0 Å². The molecule has 124 valence electrons. The van der Waals surface area contributed by atoms with Crippen molar-refractivity contribution in [2.75, 3.05) is 5.32 Å². The third kappa shape index (κ3) is 4.40. The van der Waals surface area contributed by atoms with Crippen molar-refractivity contribution < 1.29 is 13.2 Å². The second kappa shape index (κ2) is 6.93. The van der Waals surface area contributed by atoms with Gasteiger partial charge in [-0.25, -0.2) is 13.1 Å². The van der Waals surface area contributed by atoms with Gasteiger partial charge in [0.15, 0.2) is 5.82 Å². The maximum atomic E-state index is 12.2. The first kappa shape index (κ1) is 17.2. The van der Waals surface area contributed by atoms with Gasteiger partial charge in [0.2, 0.25) is 10.0 Å². The van der Waals surface area contributed by atoms with Crippen LogP contribution in [0.1, 0.15) is 30.6 Å². The van der Waals surface area contributed by atoms with Crippen molar-refractivity contribution in [2.45, 2.75) is 31.2 Å². The number of anilines is 1. The molecule has 0 fully saturated rings. The van der Waals surface area contributed by atoms with Crippen molar-refractivity contribution in [3.63, 3.8) is 0 Å². The van der Waals surface area contributed by atoms with Crippen LogP contribution in [0.25, 0.3) is 0 Å². The average Bonchev–Trinajstić information content (AvgIpc) is 2.92. The number of carbonyl (C=O) groups excluding carboxylic acids is 1. The van der Waals surface area contributed by atoms with E-state index in [-0.39, 0.29) is 16.8 Å². The van der Waals surface area contributed by atoms with E-state index in [1.165, 1.54) is 24.3 Å². The third-order valence-electron chi connectivity index (χ3n) is 3.35. The molecule has 0 aliphatic carbocycles. The molecule has 2 rings (SSSR count). The predicted octanol–water partition coefficient (Wildman–Crippen LogP) is 1.75. The molecule has 0 radical (unpaired) electrons. The molecule has 0 spiro atoms. The topological polar surface area (TPSA) is 93.1 Å². The molecule has 2 aromatic rings. The van der Waals surface area contributed by atoms with E-state index in [9.17, 15) is 13.2 Å². The number of hydrogen-bond donors (Lipinski definition) is 2. The minimum Gasteiger partial charge on any atom is -0.305 e. The largest absolute Gasteiger partial charge is 0.305 e. The summed E-state index contributed by atoms with van der Waals surface area (Å²) in [4.78, 5) is 12.2. The Morgan fingerprint density at radius 1 is 1.26 bits per heavy atom. The lowest BCUT2D eigenvalue weighted by Gasteiger charge is -2.12. The van der Waals surface area contributed by atoms with Crippen molar-refractivity contribution in [1.29, 1.82) is 0 Å². The summed E-state index contributed by atoms with van der Waals surface area (Å²) in [6, 6.07) is 7.31. The summed E-state index contributed by atoms with van der Waals surface area (Å²) in [5.41, 5.74) is 0.359. The van der Waals surface area contributed by atoms with E-state index in [2.05, 4.69) is 15.1 Å². The van der Waals surface area contributed by atoms with Gasteiger partial charge in [0.1, 0.15) is 0 Å². The quantitative estimate of drug-likeness (QED) is 0.840. The van der Waals surface area contributed by atoms with E-state index in [0.717, 1.165) is 0 Å². The molecule has 0 aliphatic heterocycles. The van der Waals surface area contributed by atoms with Gasteiger partial charge in [-0.1, -0.05) is 6.92 Å². The molecular formula is C15H20N4O3S. The lowest BCUT2D eigenvalue weighted by Crippen LogP contribution is -2.32. The van der Waals surface area contributed by atoms with Crippen molar-refractivity contribution in [3.05, 3.63) is 42.1 Å². The summed E-state index contributed by atoms with van der Waals surface area (Å²) in [5.74, 6) is 0.0927. The normalized spacial score (nSPS) is 12.8. The fraction of sp³-hybridized carbons (Fsp3) is 0.333. The first-order chi connectivity index (χ1) is 10.8. The van der Waals surface area contributed by atoms with Gasteiger partial charge in [0.05, 0.1) is 4.90 Å². The summed E-state index contributed by atoms with van der Waals surface area (Å²) >= 11 is 0. The standard InChI is InChI=1S/C15H20N4O3S/c1-4-11(2)18-23(21,22)13-7-5-12(6-8-13)15(20)16-14-9-10-19(3)17-14/h5-11,18H,4H2,1-3H3,(H,16,17,20). The van der Waals surface area contributed by atoms with E-state index in [0.29, 0.717) is 17.8 Å². The number of nitrogens with zero attached hydrogens (tertiary/aromatic N) is 2. The Hall–Kier alpha value is -2.19. The minimum atomic E-state index is -3.57. The molecule has 1 aromatic carbocycles. The van der Waals surface area contributed by atoms with Gasteiger partial charge in [-0.05, 0) is 37.6 Å². The highest BCUT2D eigenvalue weighted by Crippen LogP contribution is 2.13. The molecule has 1 unspecified atom stereocenters. The van der Waals surface area contributed by atoms with Crippen LogP contribution >= 0.6 is 0 Å². The summed E-state index contributed by atoms with van der Waals surface area (Å²) in [5, 5.41) is 6.70. The van der Waals surface area contributed by atoms with Crippen LogP contribution in [0.2, 0.25) is 0 Å². The summed E-state index contributed by atoms with van der Waals surface area (Å²) in [6.07, 6.45) is 2.41. The Morgan fingerprint density at radius 3 is 2.43 bits per heavy atom. The fourth-order valence-electron chi connectivity index (χ4n) is 1.87. The maximum Gasteiger partial charge on any atom is 0.256 e. The fourth-order valence-corrected chi connectivity index (χ4v) is 3.20. The molecule has 23 heavy (non-hydrogen) atoms. The highest BCUT2D eigenvalue weighted by molar-refractivity contribution is 7.89. The number of hydrogen-bond acceptors (Lipinski definition) is 4. The SMILES string of the molecule is CCC(C)NS(=O)(=O)c1ccc(C(=O)Nc2ccn(C)n2)cc1. The number of sulfonamides is 1. The number of amides is 1. The lowest BCUT2D eigenvalue weighted by molar-refractivity contribution is 0.102. The summed E-state index contributed by atoms with van der Waals surface area (Å²) < 4.78 is 28.5. The Bertz CT molecular complexity index is 781. The molecule has 1 atom stereocenters. The van der Waals surface area contributed by atoms with Gasteiger partial charge < -0.3 is 5.32 Å². The van der Waals surface area contributed by atoms with Gasteiger partial charge in [-0.3, -0.25) is 9.48 Å². The maximum absolute atomic E-state index is 12.2. The van der Waals surface area contributed by atoms with E-state index in [4.69, 9.17) is 0 Å². The summed E-state index contributed by atoms with van der Waals surface area (Å²) in [6.45, 7) is 3.70. The van der Waals surface area contributed by atoms with Crippen LogP contribution in [0.5, 0.6) is 0 Å². The Kier molecular flexibility index (Phi) is 5.17. The molecule has 0 bridgehead atoms. The second-order valence-electron chi connectivity index (χ2n) is 5.28. The molecule has 0 saturated heterocycles. The van der Waals surface area contributed by atoms with Gasteiger partial charge >= 0.3 is 0 Å². The molecule has 8 heteroatoms. The average molecular weight is 336 g/mol. The van der Waals surface area contributed by atoms with Crippen molar-refractivity contribution in [3.8, 4) is 0 Å². The zero-order valence-electron chi connectivity index (χ0n) is 13.3. The highest BCUT2D eigenvalue weighted by Gasteiger charge is 2.17. The van der Waals surface area contributed by atoms with Crippen LogP contribution in [0.15, 0.2) is 41.4 Å². The molecule has 1 heterocycles. The Labute approximate surface area is 135 Å². The molecule has 7 nitrogen and oxygen atoms in total. The number of aromatic nitrogens is 2. The predicted molar refractivity (Wildman–Crippen MR) is 87.7 cm³/mol. The molecule has 1 amide bonds. The Balaban J connectivity index is 2.11. The second-order valence-corrected chi connectivity index (χ2v) is 7.00. The van der Waals surface area contributed by atoms with Gasteiger partial charge in [0, 0.05) is 30.9 Å². The highest BCUT2D eigenvalue weighted by atomic mass is 32.2.